The van der Waals surface area contributed by atoms with E-state index in [9.17, 15) is 9.59 Å². The van der Waals surface area contributed by atoms with Gasteiger partial charge in [-0.05, 0) is 18.4 Å². The van der Waals surface area contributed by atoms with Gasteiger partial charge in [-0.3, -0.25) is 14.5 Å². The number of benzene rings is 1. The Morgan fingerprint density at radius 3 is 2.75 bits per heavy atom. The largest absolute Gasteiger partial charge is 0.468 e. The lowest BCUT2D eigenvalue weighted by atomic mass is 9.88. The fraction of sp³-hybridized carbons (Fsp3) is 0.500. The molecule has 0 amide bonds. The third kappa shape index (κ3) is 2.24. The Bertz CT molecular complexity index is 514. The van der Waals surface area contributed by atoms with Crippen LogP contribution in [0.25, 0.3) is 0 Å². The number of Topliss-reactive ketones (excluding diaryl/α,β-unsaturated/α-hetero) is 1. The molecule has 3 unspecified atom stereocenters. The number of carbonyl (C=O) groups excluding carboxylic acids is 2. The van der Waals surface area contributed by atoms with Gasteiger partial charge in [0.25, 0.3) is 0 Å². The average molecular weight is 273 g/mol. The van der Waals surface area contributed by atoms with Crippen LogP contribution in [0, 0.1) is 5.92 Å². The number of rotatable bonds is 3. The van der Waals surface area contributed by atoms with E-state index in [4.69, 9.17) is 4.74 Å². The van der Waals surface area contributed by atoms with Crippen molar-refractivity contribution < 1.29 is 14.3 Å². The second-order valence-electron chi connectivity index (χ2n) is 5.63. The lowest BCUT2D eigenvalue weighted by Crippen LogP contribution is -2.51. The smallest absolute Gasteiger partial charge is 0.317 e. The summed E-state index contributed by atoms with van der Waals surface area (Å²) in [5, 5.41) is 0. The standard InChI is InChI=1S/C16H19NO3/c1-20-16(19)15-13-8-7-12(9-14(15)18)17(13)10-11-5-3-2-4-6-11/h2-6,12-13,15H,7-10H2,1H3. The van der Waals surface area contributed by atoms with E-state index < -0.39 is 5.92 Å². The fourth-order valence-electron chi connectivity index (χ4n) is 3.57. The quantitative estimate of drug-likeness (QED) is 0.622. The van der Waals surface area contributed by atoms with Crippen molar-refractivity contribution in [2.45, 2.75) is 37.9 Å². The molecule has 2 aliphatic heterocycles. The Kier molecular flexibility index (Phi) is 3.57. The highest BCUT2D eigenvalue weighted by Crippen LogP contribution is 2.38. The summed E-state index contributed by atoms with van der Waals surface area (Å²) in [6.45, 7) is 0.803. The number of nitrogens with zero attached hydrogens (tertiary/aromatic N) is 1. The molecule has 0 spiro atoms. The highest BCUT2D eigenvalue weighted by molar-refractivity contribution is 6.00. The number of ether oxygens (including phenoxy) is 1. The van der Waals surface area contributed by atoms with Gasteiger partial charge < -0.3 is 4.74 Å². The summed E-state index contributed by atoms with van der Waals surface area (Å²) in [6.07, 6.45) is 2.38. The van der Waals surface area contributed by atoms with E-state index in [1.54, 1.807) is 0 Å². The van der Waals surface area contributed by atoms with Crippen molar-refractivity contribution in [2.24, 2.45) is 5.92 Å². The van der Waals surface area contributed by atoms with Crippen LogP contribution < -0.4 is 0 Å². The van der Waals surface area contributed by atoms with E-state index >= 15 is 0 Å². The average Bonchev–Trinajstić information content (AvgIpc) is 2.74. The van der Waals surface area contributed by atoms with Crippen LogP contribution in [-0.2, 0) is 20.9 Å². The molecule has 2 heterocycles. The van der Waals surface area contributed by atoms with Crippen molar-refractivity contribution in [2.75, 3.05) is 7.11 Å². The summed E-state index contributed by atoms with van der Waals surface area (Å²) in [6, 6.07) is 10.5. The van der Waals surface area contributed by atoms with Gasteiger partial charge in [-0.1, -0.05) is 30.3 Å². The molecular weight excluding hydrogens is 254 g/mol. The van der Waals surface area contributed by atoms with E-state index in [-0.39, 0.29) is 23.8 Å². The van der Waals surface area contributed by atoms with E-state index in [0.29, 0.717) is 6.42 Å². The molecule has 3 rings (SSSR count). The van der Waals surface area contributed by atoms with Crippen molar-refractivity contribution in [3.8, 4) is 0 Å². The van der Waals surface area contributed by atoms with Gasteiger partial charge >= 0.3 is 5.97 Å². The first kappa shape index (κ1) is 13.3. The zero-order valence-corrected chi connectivity index (χ0v) is 11.6. The van der Waals surface area contributed by atoms with Crippen LogP contribution in [0.15, 0.2) is 30.3 Å². The molecule has 2 saturated heterocycles. The van der Waals surface area contributed by atoms with E-state index in [0.717, 1.165) is 19.4 Å². The van der Waals surface area contributed by atoms with Gasteiger partial charge in [0, 0.05) is 25.0 Å². The summed E-state index contributed by atoms with van der Waals surface area (Å²) in [5.74, 6) is -0.922. The minimum Gasteiger partial charge on any atom is -0.468 e. The number of piperidine rings is 1. The monoisotopic (exact) mass is 273 g/mol. The van der Waals surface area contributed by atoms with Crippen LogP contribution in [0.5, 0.6) is 0 Å². The number of carbonyl (C=O) groups is 2. The Hall–Kier alpha value is -1.68. The first-order valence-electron chi connectivity index (χ1n) is 7.11. The maximum atomic E-state index is 12.1. The first-order chi connectivity index (χ1) is 9.70. The highest BCUT2D eigenvalue weighted by atomic mass is 16.5. The molecule has 1 aromatic carbocycles. The SMILES string of the molecule is COC(=O)C1C(=O)CC2CCC1N2Cc1ccccc1. The molecule has 0 aliphatic carbocycles. The van der Waals surface area contributed by atoms with E-state index in [1.165, 1.54) is 12.7 Å². The molecule has 0 radical (unpaired) electrons. The molecule has 0 saturated carbocycles. The zero-order valence-electron chi connectivity index (χ0n) is 11.6. The highest BCUT2D eigenvalue weighted by Gasteiger charge is 2.50. The third-order valence-corrected chi connectivity index (χ3v) is 4.52. The molecule has 0 aromatic heterocycles. The molecule has 106 valence electrons. The number of hydrogen-bond acceptors (Lipinski definition) is 4. The van der Waals surface area contributed by atoms with Gasteiger partial charge in [0.1, 0.15) is 11.7 Å². The predicted molar refractivity (Wildman–Crippen MR) is 73.9 cm³/mol. The Morgan fingerprint density at radius 1 is 1.30 bits per heavy atom. The minimum absolute atomic E-state index is 0.00825. The Labute approximate surface area is 118 Å². The van der Waals surface area contributed by atoms with Crippen molar-refractivity contribution in [3.05, 3.63) is 35.9 Å². The van der Waals surface area contributed by atoms with Gasteiger partial charge in [-0.15, -0.1) is 0 Å². The van der Waals surface area contributed by atoms with Gasteiger partial charge in [0.2, 0.25) is 0 Å². The zero-order chi connectivity index (χ0) is 14.1. The molecule has 20 heavy (non-hydrogen) atoms. The first-order valence-corrected chi connectivity index (χ1v) is 7.11. The van der Waals surface area contributed by atoms with Crippen molar-refractivity contribution >= 4 is 11.8 Å². The predicted octanol–water partition coefficient (Wildman–Crippen LogP) is 1.78. The fourth-order valence-corrected chi connectivity index (χ4v) is 3.57. The van der Waals surface area contributed by atoms with Gasteiger partial charge in [-0.2, -0.15) is 0 Å². The number of hydrogen-bond donors (Lipinski definition) is 0. The van der Waals surface area contributed by atoms with E-state index in [2.05, 4.69) is 17.0 Å². The van der Waals surface area contributed by atoms with Crippen LogP contribution >= 0.6 is 0 Å². The van der Waals surface area contributed by atoms with Gasteiger partial charge in [-0.25, -0.2) is 0 Å². The number of esters is 1. The normalized spacial score (nSPS) is 29.4. The lowest BCUT2D eigenvalue weighted by molar-refractivity contribution is -0.154. The van der Waals surface area contributed by atoms with Crippen LogP contribution in [0.3, 0.4) is 0 Å². The molecular formula is C16H19NO3. The third-order valence-electron chi connectivity index (χ3n) is 4.52. The number of fused-ring (bicyclic) bond motifs is 2. The summed E-state index contributed by atoms with van der Waals surface area (Å²) >= 11 is 0. The second-order valence-corrected chi connectivity index (χ2v) is 5.63. The van der Waals surface area contributed by atoms with Crippen LogP contribution in [-0.4, -0.2) is 35.8 Å². The van der Waals surface area contributed by atoms with Crippen molar-refractivity contribution in [1.29, 1.82) is 0 Å². The molecule has 0 N–H and O–H groups in total. The van der Waals surface area contributed by atoms with Crippen molar-refractivity contribution in [3.63, 3.8) is 0 Å². The van der Waals surface area contributed by atoms with Crippen molar-refractivity contribution in [1.82, 2.24) is 4.90 Å². The van der Waals surface area contributed by atoms with Crippen LogP contribution in [0.2, 0.25) is 0 Å². The van der Waals surface area contributed by atoms with Gasteiger partial charge in [0.05, 0.1) is 7.11 Å². The molecule has 3 atom stereocenters. The molecule has 4 heteroatoms. The van der Waals surface area contributed by atoms with E-state index in [1.807, 2.05) is 18.2 Å². The maximum Gasteiger partial charge on any atom is 0.317 e. The molecule has 2 aliphatic rings. The topological polar surface area (TPSA) is 46.6 Å². The Balaban J connectivity index is 1.82. The number of ketones is 1. The number of methoxy groups -OCH3 is 1. The summed E-state index contributed by atoms with van der Waals surface area (Å²) in [7, 11) is 1.36. The lowest BCUT2D eigenvalue weighted by Gasteiger charge is -2.37. The minimum atomic E-state index is -0.595. The summed E-state index contributed by atoms with van der Waals surface area (Å²) in [5.41, 5.74) is 1.22. The maximum absolute atomic E-state index is 12.1. The molecule has 1 aromatic rings. The van der Waals surface area contributed by atoms with Gasteiger partial charge in [0.15, 0.2) is 0 Å². The summed E-state index contributed by atoms with van der Waals surface area (Å²) < 4.78 is 4.82. The Morgan fingerprint density at radius 2 is 2.05 bits per heavy atom. The molecule has 4 nitrogen and oxygen atoms in total. The summed E-state index contributed by atoms with van der Waals surface area (Å²) in [4.78, 5) is 26.3. The second kappa shape index (κ2) is 5.37. The molecule has 2 bridgehead atoms. The van der Waals surface area contributed by atoms with Crippen LogP contribution in [0.1, 0.15) is 24.8 Å². The molecule has 2 fully saturated rings. The van der Waals surface area contributed by atoms with Crippen LogP contribution in [0.4, 0.5) is 0 Å².